The minimum Gasteiger partial charge on any atom is -0.492 e. The van der Waals surface area contributed by atoms with Gasteiger partial charge < -0.3 is 23.7 Å². The number of methoxy groups -OCH3 is 1. The summed E-state index contributed by atoms with van der Waals surface area (Å²) in [5.41, 5.74) is 6.49. The van der Waals surface area contributed by atoms with E-state index in [0.717, 1.165) is 29.7 Å². The normalized spacial score (nSPS) is 17.1. The summed E-state index contributed by atoms with van der Waals surface area (Å²) in [4.78, 5) is 14.9. The number of carbonyl (C=O) groups is 1. The first-order valence-corrected chi connectivity index (χ1v) is 12.9. The average Bonchev–Trinajstić information content (AvgIpc) is 3.77. The van der Waals surface area contributed by atoms with Gasteiger partial charge >= 0.3 is 0 Å². The molecule has 13 heteroatoms. The lowest BCUT2D eigenvalue weighted by atomic mass is 9.90. The van der Waals surface area contributed by atoms with E-state index in [0.29, 0.717) is 45.8 Å². The molecule has 0 fully saturated rings. The molecule has 1 atom stereocenters. The Bertz CT molecular complexity index is 1670. The van der Waals surface area contributed by atoms with Crippen LogP contribution in [0.5, 0.6) is 28.7 Å². The van der Waals surface area contributed by atoms with Crippen molar-refractivity contribution in [3.8, 4) is 34.4 Å². The second-order valence-electron chi connectivity index (χ2n) is 9.66. The third-order valence-electron chi connectivity index (χ3n) is 7.28. The van der Waals surface area contributed by atoms with Crippen LogP contribution in [-0.4, -0.2) is 71.5 Å². The summed E-state index contributed by atoms with van der Waals surface area (Å²) < 4.78 is 29.5. The topological polar surface area (TPSA) is 134 Å². The van der Waals surface area contributed by atoms with Crippen LogP contribution in [0.4, 0.5) is 0 Å². The monoisotopic (exact) mass is 555 g/mol. The highest BCUT2D eigenvalue weighted by Gasteiger charge is 2.37. The number of fused-ring (bicyclic) bond motifs is 3. The van der Waals surface area contributed by atoms with Gasteiger partial charge in [-0.05, 0) is 83.6 Å². The first-order valence-electron chi connectivity index (χ1n) is 12.9. The van der Waals surface area contributed by atoms with E-state index in [-0.39, 0.29) is 25.5 Å². The molecule has 1 N–H and O–H groups in total. The predicted octanol–water partition coefficient (Wildman–Crippen LogP) is 2.47. The number of nitrogens with one attached hydrogen (secondary N) is 1. The fourth-order valence-corrected chi connectivity index (χ4v) is 5.28. The highest BCUT2D eigenvalue weighted by atomic mass is 16.7. The van der Waals surface area contributed by atoms with Crippen molar-refractivity contribution in [1.29, 1.82) is 0 Å². The van der Waals surface area contributed by atoms with Gasteiger partial charge in [-0.3, -0.25) is 9.69 Å². The Labute approximate surface area is 234 Å². The van der Waals surface area contributed by atoms with Gasteiger partial charge in [-0.1, -0.05) is 0 Å². The molecule has 41 heavy (non-hydrogen) atoms. The molecule has 208 valence electrons. The van der Waals surface area contributed by atoms with Gasteiger partial charge in [-0.25, -0.2) is 5.43 Å². The summed E-state index contributed by atoms with van der Waals surface area (Å²) in [5, 5.41) is 16.7. The quantitative estimate of drug-likeness (QED) is 0.279. The molecule has 4 heterocycles. The molecule has 0 radical (unpaired) electrons. The number of hydrogen-bond acceptors (Lipinski definition) is 11. The summed E-state index contributed by atoms with van der Waals surface area (Å²) in [6, 6.07) is 14.1. The number of amides is 1. The van der Waals surface area contributed by atoms with Crippen LogP contribution in [0.2, 0.25) is 0 Å². The number of benzene rings is 3. The Kier molecular flexibility index (Phi) is 6.12. The second-order valence-corrected chi connectivity index (χ2v) is 9.66. The van der Waals surface area contributed by atoms with Crippen LogP contribution in [0, 0.1) is 0 Å². The van der Waals surface area contributed by atoms with E-state index in [4.69, 9.17) is 23.7 Å². The third-order valence-corrected chi connectivity index (χ3v) is 7.28. The van der Waals surface area contributed by atoms with Crippen LogP contribution in [0.1, 0.15) is 38.9 Å². The molecule has 1 amide bonds. The lowest BCUT2D eigenvalue weighted by molar-refractivity contribution is 0.0955. The Morgan fingerprint density at radius 1 is 1.05 bits per heavy atom. The van der Waals surface area contributed by atoms with Crippen molar-refractivity contribution >= 4 is 12.1 Å². The van der Waals surface area contributed by atoms with Gasteiger partial charge in [0.15, 0.2) is 28.8 Å². The zero-order valence-electron chi connectivity index (χ0n) is 22.2. The number of aromatic nitrogens is 4. The molecule has 0 bridgehead atoms. The van der Waals surface area contributed by atoms with Crippen molar-refractivity contribution in [3.05, 3.63) is 76.6 Å². The minimum atomic E-state index is -0.354. The summed E-state index contributed by atoms with van der Waals surface area (Å²) in [5.74, 6) is 3.46. The predicted molar refractivity (Wildman–Crippen MR) is 144 cm³/mol. The van der Waals surface area contributed by atoms with E-state index in [2.05, 4.69) is 31.0 Å². The number of tetrazole rings is 1. The van der Waals surface area contributed by atoms with Gasteiger partial charge in [0.25, 0.3) is 5.91 Å². The zero-order valence-corrected chi connectivity index (χ0v) is 22.2. The number of nitrogens with zero attached hydrogens (tertiary/aromatic N) is 6. The van der Waals surface area contributed by atoms with Crippen molar-refractivity contribution in [3.63, 3.8) is 0 Å². The summed E-state index contributed by atoms with van der Waals surface area (Å²) in [6.45, 7) is 1.13. The number of hydrogen-bond donors (Lipinski definition) is 1. The number of rotatable bonds is 6. The van der Waals surface area contributed by atoms with Crippen LogP contribution >= 0.6 is 0 Å². The Morgan fingerprint density at radius 3 is 2.71 bits per heavy atom. The van der Waals surface area contributed by atoms with E-state index >= 15 is 0 Å². The maximum Gasteiger partial charge on any atom is 0.271 e. The van der Waals surface area contributed by atoms with Crippen LogP contribution in [0.3, 0.4) is 0 Å². The van der Waals surface area contributed by atoms with Crippen LogP contribution in [0.25, 0.3) is 5.69 Å². The fourth-order valence-electron chi connectivity index (χ4n) is 5.28. The van der Waals surface area contributed by atoms with Gasteiger partial charge in [0.2, 0.25) is 19.3 Å². The lowest BCUT2D eigenvalue weighted by Crippen LogP contribution is -2.35. The maximum absolute atomic E-state index is 12.7. The molecule has 3 aliphatic rings. The van der Waals surface area contributed by atoms with E-state index in [1.54, 1.807) is 54.4 Å². The molecule has 0 saturated carbocycles. The standard InChI is InChI=1S/C28H25N7O6/c1-34-10-9-18-12-22-25(41-15-40-22)26(37-2)23(18)24(34)27-30-32-33-35(27)19-6-4-17(5-7-19)28(36)31-29-13-16-3-8-20-21(11-16)39-14-38-20/h3-8,11-13,24H,9-10,14-15H2,1-2H3,(H,31,36)/b29-13+. The fraction of sp³-hybridized carbons (Fsp3) is 0.250. The molecule has 0 aliphatic carbocycles. The van der Waals surface area contributed by atoms with Gasteiger partial charge in [0, 0.05) is 17.7 Å². The third kappa shape index (κ3) is 4.36. The maximum atomic E-state index is 12.7. The number of carbonyl (C=O) groups excluding carboxylic acids is 1. The molecular weight excluding hydrogens is 530 g/mol. The average molecular weight is 556 g/mol. The van der Waals surface area contributed by atoms with Crippen molar-refractivity contribution in [2.24, 2.45) is 5.10 Å². The highest BCUT2D eigenvalue weighted by Crippen LogP contribution is 2.50. The van der Waals surface area contributed by atoms with Crippen molar-refractivity contribution in [2.75, 3.05) is 34.3 Å². The highest BCUT2D eigenvalue weighted by molar-refractivity contribution is 5.95. The van der Waals surface area contributed by atoms with Crippen LogP contribution in [-0.2, 0) is 6.42 Å². The number of hydrazone groups is 1. The van der Waals surface area contributed by atoms with Gasteiger partial charge in [-0.15, -0.1) is 5.10 Å². The summed E-state index contributed by atoms with van der Waals surface area (Å²) in [7, 11) is 3.64. The Balaban J connectivity index is 1.12. The second kappa shape index (κ2) is 10.1. The molecule has 13 nitrogen and oxygen atoms in total. The van der Waals surface area contributed by atoms with Gasteiger partial charge in [-0.2, -0.15) is 9.78 Å². The molecule has 3 aromatic carbocycles. The van der Waals surface area contributed by atoms with E-state index < -0.39 is 0 Å². The number of likely N-dealkylation sites (N-methyl/N-ethyl adjacent to an activating group) is 1. The lowest BCUT2D eigenvalue weighted by Gasteiger charge is -2.34. The molecule has 1 unspecified atom stereocenters. The largest absolute Gasteiger partial charge is 0.492 e. The summed E-state index contributed by atoms with van der Waals surface area (Å²) in [6.07, 6.45) is 2.36. The zero-order chi connectivity index (χ0) is 27.9. The first-order chi connectivity index (χ1) is 20.1. The SMILES string of the molecule is COc1c2c(cc3c1C(c1nnnn1-c1ccc(C(=O)N/N=C/c4ccc5c(c4)OCO5)cc1)N(C)CC3)OCO2. The van der Waals surface area contributed by atoms with E-state index in [9.17, 15) is 4.79 Å². The Hall–Kier alpha value is -5.17. The van der Waals surface area contributed by atoms with Crippen molar-refractivity contribution < 1.29 is 28.5 Å². The molecule has 1 aromatic heterocycles. The van der Waals surface area contributed by atoms with Crippen molar-refractivity contribution in [1.82, 2.24) is 30.5 Å². The molecule has 4 aromatic rings. The van der Waals surface area contributed by atoms with Gasteiger partial charge in [0.1, 0.15) is 6.04 Å². The molecule has 3 aliphatic heterocycles. The number of ether oxygens (including phenoxy) is 5. The summed E-state index contributed by atoms with van der Waals surface area (Å²) >= 11 is 0. The van der Waals surface area contributed by atoms with Gasteiger partial charge in [0.05, 0.1) is 19.0 Å². The van der Waals surface area contributed by atoms with E-state index in [1.807, 2.05) is 19.2 Å². The molecule has 0 spiro atoms. The Morgan fingerprint density at radius 2 is 1.85 bits per heavy atom. The molecule has 7 rings (SSSR count). The van der Waals surface area contributed by atoms with Crippen LogP contribution in [0.15, 0.2) is 53.6 Å². The molecular formula is C28H25N7O6. The smallest absolute Gasteiger partial charge is 0.271 e. The molecule has 0 saturated heterocycles. The minimum absolute atomic E-state index is 0.149. The van der Waals surface area contributed by atoms with Crippen LogP contribution < -0.4 is 29.1 Å². The first kappa shape index (κ1) is 24.8. The van der Waals surface area contributed by atoms with E-state index in [1.165, 1.54) is 0 Å². The van der Waals surface area contributed by atoms with Crippen molar-refractivity contribution in [2.45, 2.75) is 12.5 Å².